The number of carbonyl (C=O) groups excluding carboxylic acids is 2. The summed E-state index contributed by atoms with van der Waals surface area (Å²) in [6, 6.07) is 0. The number of hydrazone groups is 2. The van der Waals surface area contributed by atoms with Crippen LogP contribution in [0.5, 0.6) is 0 Å². The Kier molecular flexibility index (Phi) is 8.66. The van der Waals surface area contributed by atoms with E-state index < -0.39 is 0 Å². The highest BCUT2D eigenvalue weighted by Crippen LogP contribution is 2.16. The summed E-state index contributed by atoms with van der Waals surface area (Å²) in [5.74, 6) is 0.503. The second-order valence-electron chi connectivity index (χ2n) is 6.57. The van der Waals surface area contributed by atoms with Crippen molar-refractivity contribution in [1.29, 1.82) is 0 Å². The van der Waals surface area contributed by atoms with E-state index >= 15 is 0 Å². The molecule has 0 aromatic heterocycles. The maximum Gasteiger partial charge on any atom is 0.240 e. The van der Waals surface area contributed by atoms with Gasteiger partial charge in [-0.3, -0.25) is 9.59 Å². The number of nitrogens with zero attached hydrogens (tertiary/aromatic N) is 2. The zero-order chi connectivity index (χ0) is 17.7. The molecule has 0 spiro atoms. The average Bonchev–Trinajstić information content (AvgIpc) is 2.63. The molecule has 2 N–H and O–H groups in total. The molecule has 6 heteroatoms. The minimum Gasteiger partial charge on any atom is -0.273 e. The van der Waals surface area contributed by atoms with Gasteiger partial charge in [0.2, 0.25) is 11.8 Å². The lowest BCUT2D eigenvalue weighted by atomic mass is 9.96. The van der Waals surface area contributed by atoms with Crippen molar-refractivity contribution < 1.29 is 9.59 Å². The van der Waals surface area contributed by atoms with Crippen LogP contribution in [0.4, 0.5) is 0 Å². The van der Waals surface area contributed by atoms with Gasteiger partial charge in [-0.25, -0.2) is 10.9 Å². The summed E-state index contributed by atoms with van der Waals surface area (Å²) in [6.07, 6.45) is 19.6. The van der Waals surface area contributed by atoms with Gasteiger partial charge in [-0.1, -0.05) is 24.3 Å². The van der Waals surface area contributed by atoms with E-state index in [9.17, 15) is 9.59 Å². The second-order valence-corrected chi connectivity index (χ2v) is 6.57. The van der Waals surface area contributed by atoms with E-state index in [0.29, 0.717) is 18.3 Å². The highest BCUT2D eigenvalue weighted by Gasteiger charge is 2.08. The molecular formula is C19H28N4O2. The Morgan fingerprint density at radius 3 is 1.72 bits per heavy atom. The Labute approximate surface area is 149 Å². The summed E-state index contributed by atoms with van der Waals surface area (Å²) >= 11 is 0. The third-order valence-electron chi connectivity index (χ3n) is 4.38. The molecule has 6 nitrogen and oxygen atoms in total. The maximum atomic E-state index is 11.7. The van der Waals surface area contributed by atoms with E-state index in [4.69, 9.17) is 0 Å². The second kappa shape index (κ2) is 11.3. The Morgan fingerprint density at radius 1 is 0.840 bits per heavy atom. The normalized spacial score (nSPS) is 23.2. The predicted molar refractivity (Wildman–Crippen MR) is 100 cm³/mol. The van der Waals surface area contributed by atoms with Gasteiger partial charge in [0, 0.05) is 25.3 Å². The first kappa shape index (κ1) is 19.1. The average molecular weight is 344 g/mol. The zero-order valence-corrected chi connectivity index (χ0v) is 14.7. The van der Waals surface area contributed by atoms with Crippen molar-refractivity contribution in [3.63, 3.8) is 0 Å². The Hall–Kier alpha value is -2.24. The van der Waals surface area contributed by atoms with Crippen molar-refractivity contribution >= 4 is 24.2 Å². The third kappa shape index (κ3) is 8.42. The highest BCUT2D eigenvalue weighted by molar-refractivity contribution is 5.79. The van der Waals surface area contributed by atoms with Gasteiger partial charge < -0.3 is 0 Å². The van der Waals surface area contributed by atoms with Crippen LogP contribution < -0.4 is 10.9 Å². The molecule has 136 valence electrons. The van der Waals surface area contributed by atoms with Crippen molar-refractivity contribution in [3.05, 3.63) is 24.3 Å². The summed E-state index contributed by atoms with van der Waals surface area (Å²) in [6.45, 7) is 0. The lowest BCUT2D eigenvalue weighted by molar-refractivity contribution is -0.122. The molecule has 2 unspecified atom stereocenters. The van der Waals surface area contributed by atoms with Crippen LogP contribution in [0, 0.1) is 11.8 Å². The molecule has 0 aromatic rings. The lowest BCUT2D eigenvalue weighted by Crippen LogP contribution is -2.21. The monoisotopic (exact) mass is 344 g/mol. The summed E-state index contributed by atoms with van der Waals surface area (Å²) in [7, 11) is 0. The van der Waals surface area contributed by atoms with Crippen LogP contribution in [-0.2, 0) is 9.59 Å². The number of amides is 2. The quantitative estimate of drug-likeness (QED) is 0.403. The fraction of sp³-hybridized carbons (Fsp3) is 0.579. The lowest BCUT2D eigenvalue weighted by Gasteiger charge is -2.11. The van der Waals surface area contributed by atoms with E-state index in [1.165, 1.54) is 0 Å². The van der Waals surface area contributed by atoms with Crippen LogP contribution in [0.2, 0.25) is 0 Å². The molecule has 2 aliphatic carbocycles. The number of carbonyl (C=O) groups is 2. The molecule has 0 radical (unpaired) electrons. The Balaban J connectivity index is 1.52. The number of rotatable bonds is 8. The minimum atomic E-state index is -0.159. The van der Waals surface area contributed by atoms with Crippen molar-refractivity contribution in [1.82, 2.24) is 10.9 Å². The van der Waals surface area contributed by atoms with Crippen LogP contribution in [0.1, 0.15) is 57.8 Å². The molecule has 25 heavy (non-hydrogen) atoms. The molecule has 0 saturated heterocycles. The molecule has 0 fully saturated rings. The first-order chi connectivity index (χ1) is 12.2. The highest BCUT2D eigenvalue weighted by atomic mass is 16.2. The van der Waals surface area contributed by atoms with Gasteiger partial charge in [0.05, 0.1) is 0 Å². The van der Waals surface area contributed by atoms with Crippen LogP contribution in [0.25, 0.3) is 0 Å². The van der Waals surface area contributed by atoms with E-state index in [2.05, 4.69) is 45.4 Å². The smallest absolute Gasteiger partial charge is 0.240 e. The molecule has 2 aliphatic rings. The van der Waals surface area contributed by atoms with E-state index in [0.717, 1.165) is 38.5 Å². The molecular weight excluding hydrogens is 316 g/mol. The van der Waals surface area contributed by atoms with E-state index in [1.807, 2.05) is 12.4 Å². The number of hydrogen-bond acceptors (Lipinski definition) is 4. The molecule has 2 atom stereocenters. The Bertz CT molecular complexity index is 504. The van der Waals surface area contributed by atoms with Crippen LogP contribution in [-0.4, -0.2) is 24.2 Å². The first-order valence-electron chi connectivity index (χ1n) is 9.18. The first-order valence-corrected chi connectivity index (χ1v) is 9.18. The van der Waals surface area contributed by atoms with Crippen molar-refractivity contribution in [2.24, 2.45) is 22.0 Å². The standard InChI is InChI=1S/C19H28N4O2/c24-18(22-20-14-16-8-3-1-4-9-16)12-7-13-19(25)23-21-15-17-10-5-2-6-11-17/h1-3,5,14-17H,4,6-13H2,(H,22,24)(H,23,25)/b20-14+,21-15+. The van der Waals surface area contributed by atoms with E-state index in [1.54, 1.807) is 0 Å². The maximum absolute atomic E-state index is 11.7. The van der Waals surface area contributed by atoms with Crippen molar-refractivity contribution in [2.75, 3.05) is 0 Å². The van der Waals surface area contributed by atoms with Gasteiger partial charge in [-0.15, -0.1) is 0 Å². The Morgan fingerprint density at radius 2 is 1.32 bits per heavy atom. The van der Waals surface area contributed by atoms with E-state index in [-0.39, 0.29) is 24.7 Å². The fourth-order valence-electron chi connectivity index (χ4n) is 2.86. The van der Waals surface area contributed by atoms with Crippen molar-refractivity contribution in [3.8, 4) is 0 Å². The predicted octanol–water partition coefficient (Wildman–Crippen LogP) is 3.07. The SMILES string of the molecule is O=C(CCCC(=O)N/N=C/C1CC=CCC1)N/N=C/C1CC=CCC1. The summed E-state index contributed by atoms with van der Waals surface area (Å²) in [5, 5.41) is 8.01. The number of hydrogen-bond donors (Lipinski definition) is 2. The third-order valence-corrected chi connectivity index (χ3v) is 4.38. The summed E-state index contributed by atoms with van der Waals surface area (Å²) in [5.41, 5.74) is 5.06. The zero-order valence-electron chi connectivity index (χ0n) is 14.7. The van der Waals surface area contributed by atoms with Gasteiger partial charge in [-0.05, 0) is 56.8 Å². The van der Waals surface area contributed by atoms with Gasteiger partial charge in [-0.2, -0.15) is 10.2 Å². The van der Waals surface area contributed by atoms with Crippen LogP contribution in [0.3, 0.4) is 0 Å². The van der Waals surface area contributed by atoms with Gasteiger partial charge >= 0.3 is 0 Å². The molecule has 2 amide bonds. The largest absolute Gasteiger partial charge is 0.273 e. The molecule has 0 aliphatic heterocycles. The van der Waals surface area contributed by atoms with Gasteiger partial charge in [0.1, 0.15) is 0 Å². The molecule has 0 bridgehead atoms. The summed E-state index contributed by atoms with van der Waals surface area (Å²) in [4.78, 5) is 23.4. The molecule has 0 aromatic carbocycles. The van der Waals surface area contributed by atoms with Crippen LogP contribution in [0.15, 0.2) is 34.5 Å². The van der Waals surface area contributed by atoms with Crippen LogP contribution >= 0.6 is 0 Å². The topological polar surface area (TPSA) is 82.9 Å². The molecule has 0 saturated carbocycles. The fourth-order valence-corrected chi connectivity index (χ4v) is 2.86. The number of nitrogens with one attached hydrogen (secondary N) is 2. The number of allylic oxidation sites excluding steroid dienone is 4. The van der Waals surface area contributed by atoms with Gasteiger partial charge in [0.25, 0.3) is 0 Å². The van der Waals surface area contributed by atoms with Gasteiger partial charge in [0.15, 0.2) is 0 Å². The molecule has 2 rings (SSSR count). The van der Waals surface area contributed by atoms with Crippen molar-refractivity contribution in [2.45, 2.75) is 57.8 Å². The summed E-state index contributed by atoms with van der Waals surface area (Å²) < 4.78 is 0. The molecule has 0 heterocycles. The minimum absolute atomic E-state index is 0.159.